The molecule has 0 fully saturated rings. The molecule has 0 aliphatic heterocycles. The van der Waals surface area contributed by atoms with Gasteiger partial charge in [-0.3, -0.25) is 0 Å². The van der Waals surface area contributed by atoms with Crippen LogP contribution in [0.1, 0.15) is 20.8 Å². The number of aryl methyl sites for hydroxylation is 2. The Kier molecular flexibility index (Phi) is 14.9. The van der Waals surface area contributed by atoms with Crippen molar-refractivity contribution in [1.29, 1.82) is 0 Å². The summed E-state index contributed by atoms with van der Waals surface area (Å²) in [5.41, 5.74) is 0. The highest BCUT2D eigenvalue weighted by Crippen LogP contribution is 1.72. The molecule has 2 aromatic rings. The lowest BCUT2D eigenvalue weighted by Crippen LogP contribution is -2.25. The van der Waals surface area contributed by atoms with Gasteiger partial charge in [0, 0.05) is 30.2 Å². The van der Waals surface area contributed by atoms with Gasteiger partial charge in [-0.15, -0.1) is 0 Å². The smallest absolute Gasteiger partial charge is 0.168 e. The number of nitrogens with zero attached hydrogens (tertiary/aromatic N) is 2. The number of hydrogen-bond acceptors (Lipinski definition) is 2. The largest absolute Gasteiger partial charge is 0.550 e. The Labute approximate surface area is 122 Å². The number of aliphatic carboxylic acids is 1. The second-order valence-corrected chi connectivity index (χ2v) is 3.57. The fourth-order valence-corrected chi connectivity index (χ4v) is 0.969. The van der Waals surface area contributed by atoms with Crippen molar-refractivity contribution in [2.24, 2.45) is 14.1 Å². The third kappa shape index (κ3) is 18.1. The average molecular weight is 277 g/mol. The van der Waals surface area contributed by atoms with E-state index in [2.05, 4.69) is 0 Å². The summed E-state index contributed by atoms with van der Waals surface area (Å²) < 4.78 is 4.00. The van der Waals surface area contributed by atoms with Gasteiger partial charge in [-0.05, 0) is 6.92 Å². The minimum Gasteiger partial charge on any atom is -0.550 e. The van der Waals surface area contributed by atoms with Gasteiger partial charge < -0.3 is 9.90 Å². The molecule has 0 amide bonds. The maximum atomic E-state index is 8.89. The Morgan fingerprint density at radius 2 is 0.950 bits per heavy atom. The van der Waals surface area contributed by atoms with Gasteiger partial charge in [0.1, 0.15) is 14.1 Å². The Morgan fingerprint density at radius 1 is 0.750 bits per heavy atom. The van der Waals surface area contributed by atoms with Crippen LogP contribution in [0.25, 0.3) is 0 Å². The Hall–Kier alpha value is -2.23. The summed E-state index contributed by atoms with van der Waals surface area (Å²) in [5, 5.41) is 8.89. The summed E-state index contributed by atoms with van der Waals surface area (Å²) in [5.74, 6) is -1.08. The molecule has 2 rings (SSSR count). The lowest BCUT2D eigenvalue weighted by molar-refractivity contribution is -0.671. The first-order valence-corrected chi connectivity index (χ1v) is 6.50. The van der Waals surface area contributed by atoms with E-state index in [1.807, 2.05) is 98.3 Å². The van der Waals surface area contributed by atoms with Crippen LogP contribution in [0.2, 0.25) is 0 Å². The predicted octanol–water partition coefficient (Wildman–Crippen LogP) is 0.805. The van der Waals surface area contributed by atoms with E-state index in [1.54, 1.807) is 0 Å². The molecule has 0 aliphatic carbocycles. The van der Waals surface area contributed by atoms with Crippen LogP contribution >= 0.6 is 0 Å². The number of carboxylic acids is 1. The van der Waals surface area contributed by atoms with Crippen molar-refractivity contribution in [2.75, 3.05) is 0 Å². The van der Waals surface area contributed by atoms with Gasteiger partial charge in [0.2, 0.25) is 0 Å². The molecule has 0 N–H and O–H groups in total. The first-order valence-electron chi connectivity index (χ1n) is 6.50. The van der Waals surface area contributed by atoms with Crippen LogP contribution in [0.4, 0.5) is 0 Å². The van der Waals surface area contributed by atoms with Crippen molar-refractivity contribution in [3.63, 3.8) is 0 Å². The highest BCUT2D eigenvalue weighted by molar-refractivity contribution is 5.60. The Balaban J connectivity index is 0. The minimum absolute atomic E-state index is 0.972. The molecule has 2 aromatic heterocycles. The van der Waals surface area contributed by atoms with Crippen molar-refractivity contribution in [3.05, 3.63) is 61.2 Å². The lowest BCUT2D eigenvalue weighted by atomic mass is 10.5. The van der Waals surface area contributed by atoms with Gasteiger partial charge in [-0.25, -0.2) is 9.13 Å². The van der Waals surface area contributed by atoms with Crippen molar-refractivity contribution in [2.45, 2.75) is 20.8 Å². The number of aromatic nitrogens is 2. The van der Waals surface area contributed by atoms with Gasteiger partial charge in [0.25, 0.3) is 0 Å². The van der Waals surface area contributed by atoms with E-state index in [9.17, 15) is 0 Å². The molecule has 0 aliphatic rings. The Bertz CT molecular complexity index is 389. The van der Waals surface area contributed by atoms with Crippen molar-refractivity contribution in [3.8, 4) is 0 Å². The zero-order chi connectivity index (χ0) is 15.8. The van der Waals surface area contributed by atoms with Crippen LogP contribution in [0, 0.1) is 0 Å². The van der Waals surface area contributed by atoms with E-state index >= 15 is 0 Å². The molecule has 0 saturated heterocycles. The van der Waals surface area contributed by atoms with E-state index in [4.69, 9.17) is 9.90 Å². The van der Waals surface area contributed by atoms with Gasteiger partial charge in [0.05, 0.1) is 0 Å². The molecule has 0 unspecified atom stereocenters. The van der Waals surface area contributed by atoms with Crippen LogP contribution in [0.15, 0.2) is 61.2 Å². The van der Waals surface area contributed by atoms with Gasteiger partial charge >= 0.3 is 0 Å². The quantitative estimate of drug-likeness (QED) is 0.669. The molecular weight excluding hydrogens is 252 g/mol. The number of pyridine rings is 2. The zero-order valence-electron chi connectivity index (χ0n) is 13.0. The predicted molar refractivity (Wildman–Crippen MR) is 77.3 cm³/mol. The van der Waals surface area contributed by atoms with E-state index in [0.29, 0.717) is 0 Å². The van der Waals surface area contributed by atoms with Crippen molar-refractivity contribution < 1.29 is 19.0 Å². The second-order valence-electron chi connectivity index (χ2n) is 3.57. The van der Waals surface area contributed by atoms with E-state index in [1.165, 1.54) is 0 Å². The maximum absolute atomic E-state index is 8.89. The van der Waals surface area contributed by atoms with E-state index < -0.39 is 5.97 Å². The topological polar surface area (TPSA) is 47.9 Å². The summed E-state index contributed by atoms with van der Waals surface area (Å²) in [6.45, 7) is 4.97. The first kappa shape index (κ1) is 20.1. The molecule has 110 valence electrons. The SMILES string of the molecule is CC.CC(=O)[O-].C[n+]1ccccc1.C[n+]1ccccc1. The van der Waals surface area contributed by atoms with Gasteiger partial charge in [-0.2, -0.15) is 0 Å². The van der Waals surface area contributed by atoms with Crippen LogP contribution in [0.3, 0.4) is 0 Å². The van der Waals surface area contributed by atoms with E-state index in [-0.39, 0.29) is 0 Å². The third-order valence-corrected chi connectivity index (χ3v) is 1.73. The number of carboxylic acid groups (broad SMARTS) is 1. The number of carbonyl (C=O) groups is 1. The molecule has 0 atom stereocenters. The van der Waals surface area contributed by atoms with Crippen LogP contribution in [-0.4, -0.2) is 5.97 Å². The molecule has 0 spiro atoms. The maximum Gasteiger partial charge on any atom is 0.168 e. The normalized spacial score (nSPS) is 7.65. The molecule has 20 heavy (non-hydrogen) atoms. The molecule has 0 saturated carbocycles. The van der Waals surface area contributed by atoms with Crippen LogP contribution in [-0.2, 0) is 18.9 Å². The number of rotatable bonds is 0. The first-order chi connectivity index (χ1) is 9.52. The fraction of sp³-hybridized carbons (Fsp3) is 0.312. The highest BCUT2D eigenvalue weighted by Gasteiger charge is 1.79. The molecule has 2 heterocycles. The highest BCUT2D eigenvalue weighted by atomic mass is 16.4. The zero-order valence-corrected chi connectivity index (χ0v) is 13.0. The summed E-state index contributed by atoms with van der Waals surface area (Å²) in [6.07, 6.45) is 8.00. The van der Waals surface area contributed by atoms with Crippen LogP contribution < -0.4 is 14.2 Å². The Morgan fingerprint density at radius 3 is 1.05 bits per heavy atom. The number of hydrogen-bond donors (Lipinski definition) is 0. The summed E-state index contributed by atoms with van der Waals surface area (Å²) in [7, 11) is 4.00. The van der Waals surface area contributed by atoms with Gasteiger partial charge in [-0.1, -0.05) is 26.0 Å². The standard InChI is InChI=1S/2C6H8N.C2H4O2.C2H6/c2*1-7-5-3-2-4-6-7;1-2(3)4;1-2/h2*2-6H,1H3;1H3,(H,3,4);1-2H3/q2*+1;;/p-1. The average Bonchev–Trinajstić information content (AvgIpc) is 2.43. The molecule has 0 bridgehead atoms. The molecule has 4 nitrogen and oxygen atoms in total. The van der Waals surface area contributed by atoms with Gasteiger partial charge in [0.15, 0.2) is 24.8 Å². The molecule has 4 heteroatoms. The van der Waals surface area contributed by atoms with Crippen molar-refractivity contribution in [1.82, 2.24) is 0 Å². The van der Waals surface area contributed by atoms with Crippen LogP contribution in [0.5, 0.6) is 0 Å². The van der Waals surface area contributed by atoms with E-state index in [0.717, 1.165) is 6.92 Å². The number of carbonyl (C=O) groups excluding carboxylic acids is 1. The lowest BCUT2D eigenvalue weighted by Gasteiger charge is -1.77. The summed E-state index contributed by atoms with van der Waals surface area (Å²) in [4.78, 5) is 8.89. The fourth-order valence-electron chi connectivity index (χ4n) is 0.969. The third-order valence-electron chi connectivity index (χ3n) is 1.73. The second kappa shape index (κ2) is 14.8. The molecule has 0 radical (unpaired) electrons. The minimum atomic E-state index is -1.08. The monoisotopic (exact) mass is 277 g/mol. The molecule has 0 aromatic carbocycles. The molecular formula is C16H25N2O2+. The van der Waals surface area contributed by atoms with Crippen molar-refractivity contribution >= 4 is 5.97 Å². The summed E-state index contributed by atoms with van der Waals surface area (Å²) in [6, 6.07) is 12.0. The summed E-state index contributed by atoms with van der Waals surface area (Å²) >= 11 is 0.